The summed E-state index contributed by atoms with van der Waals surface area (Å²) >= 11 is 0. The molecule has 3 heteroatoms. The van der Waals surface area contributed by atoms with Crippen molar-refractivity contribution >= 4 is 18.5 Å². The second kappa shape index (κ2) is 10.7. The first kappa shape index (κ1) is 21.0. The van der Waals surface area contributed by atoms with Crippen LogP contribution in [0.2, 0.25) is 0 Å². The van der Waals surface area contributed by atoms with Crippen molar-refractivity contribution in [3.63, 3.8) is 0 Å². The summed E-state index contributed by atoms with van der Waals surface area (Å²) in [6, 6.07) is 10.6. The van der Waals surface area contributed by atoms with Gasteiger partial charge in [-0.15, -0.1) is 12.4 Å². The molecule has 1 saturated heterocycles. The molecule has 1 heterocycles. The van der Waals surface area contributed by atoms with Crippen LogP contribution in [0.3, 0.4) is 0 Å². The molecule has 0 amide bonds. The van der Waals surface area contributed by atoms with Crippen molar-refractivity contribution in [1.29, 1.82) is 0 Å². The van der Waals surface area contributed by atoms with Crippen LogP contribution in [-0.2, 0) is 0 Å². The van der Waals surface area contributed by atoms with E-state index in [9.17, 15) is 0 Å². The van der Waals surface area contributed by atoms with E-state index in [0.717, 1.165) is 12.5 Å². The summed E-state index contributed by atoms with van der Waals surface area (Å²) in [6.07, 6.45) is 10.8. The molecular weight excluding hydrogens is 340 g/mol. The SMILES string of the molecule is C=C(C)[C@@H]1CC=C(CN2CCN(CC=Cc3ccccc3)CC2)CC1.Cl. The normalized spacial score (nSPS) is 22.0. The van der Waals surface area contributed by atoms with Gasteiger partial charge in [-0.3, -0.25) is 9.80 Å². The Morgan fingerprint density at radius 2 is 1.81 bits per heavy atom. The quantitative estimate of drug-likeness (QED) is 0.645. The van der Waals surface area contributed by atoms with Crippen molar-refractivity contribution in [1.82, 2.24) is 9.80 Å². The van der Waals surface area contributed by atoms with Gasteiger partial charge < -0.3 is 0 Å². The molecular formula is C23H33ClN2. The highest BCUT2D eigenvalue weighted by molar-refractivity contribution is 5.85. The molecule has 1 aliphatic carbocycles. The van der Waals surface area contributed by atoms with Crippen molar-refractivity contribution < 1.29 is 0 Å². The van der Waals surface area contributed by atoms with Crippen LogP contribution in [0.5, 0.6) is 0 Å². The lowest BCUT2D eigenvalue weighted by Gasteiger charge is -2.35. The Morgan fingerprint density at radius 3 is 2.42 bits per heavy atom. The van der Waals surface area contributed by atoms with Crippen molar-refractivity contribution in [2.45, 2.75) is 26.2 Å². The maximum Gasteiger partial charge on any atom is 0.0193 e. The zero-order valence-corrected chi connectivity index (χ0v) is 16.9. The third kappa shape index (κ3) is 6.42. The van der Waals surface area contributed by atoms with E-state index >= 15 is 0 Å². The molecule has 1 aromatic rings. The molecule has 142 valence electrons. The lowest BCUT2D eigenvalue weighted by Crippen LogP contribution is -2.46. The van der Waals surface area contributed by atoms with Crippen molar-refractivity contribution in [2.24, 2.45) is 5.92 Å². The molecule has 2 aliphatic rings. The van der Waals surface area contributed by atoms with Crippen LogP contribution >= 0.6 is 12.4 Å². The molecule has 1 fully saturated rings. The highest BCUT2D eigenvalue weighted by atomic mass is 35.5. The van der Waals surface area contributed by atoms with E-state index in [0.29, 0.717) is 0 Å². The molecule has 0 bridgehead atoms. The van der Waals surface area contributed by atoms with Gasteiger partial charge in [0, 0.05) is 39.3 Å². The van der Waals surface area contributed by atoms with Gasteiger partial charge in [0.05, 0.1) is 0 Å². The van der Waals surface area contributed by atoms with Gasteiger partial charge in [0.15, 0.2) is 0 Å². The largest absolute Gasteiger partial charge is 0.297 e. The maximum atomic E-state index is 4.12. The molecule has 0 saturated carbocycles. The molecule has 3 rings (SSSR count). The van der Waals surface area contributed by atoms with Gasteiger partial charge in [-0.1, -0.05) is 66.3 Å². The molecule has 2 nitrogen and oxygen atoms in total. The first-order valence-corrected chi connectivity index (χ1v) is 9.70. The third-order valence-corrected chi connectivity index (χ3v) is 5.57. The van der Waals surface area contributed by atoms with Crippen molar-refractivity contribution in [3.05, 3.63) is 65.8 Å². The Labute approximate surface area is 165 Å². The van der Waals surface area contributed by atoms with Crippen LogP contribution in [0.25, 0.3) is 6.08 Å². The third-order valence-electron chi connectivity index (χ3n) is 5.57. The van der Waals surface area contributed by atoms with Crippen molar-refractivity contribution in [2.75, 3.05) is 39.3 Å². The summed E-state index contributed by atoms with van der Waals surface area (Å²) < 4.78 is 0. The number of allylic oxidation sites excluding steroid dienone is 2. The summed E-state index contributed by atoms with van der Waals surface area (Å²) in [5.74, 6) is 0.719. The lowest BCUT2D eigenvalue weighted by atomic mass is 9.85. The molecule has 1 atom stereocenters. The fourth-order valence-electron chi connectivity index (χ4n) is 3.80. The number of hydrogen-bond donors (Lipinski definition) is 0. The first-order valence-electron chi connectivity index (χ1n) is 9.70. The molecule has 0 spiro atoms. The minimum atomic E-state index is 0. The monoisotopic (exact) mass is 372 g/mol. The van der Waals surface area contributed by atoms with Gasteiger partial charge in [0.2, 0.25) is 0 Å². The average Bonchev–Trinajstić information content (AvgIpc) is 2.64. The number of halogens is 1. The van der Waals surface area contributed by atoms with Gasteiger partial charge >= 0.3 is 0 Å². The molecule has 1 aliphatic heterocycles. The van der Waals surface area contributed by atoms with Crippen LogP contribution < -0.4 is 0 Å². The average molecular weight is 373 g/mol. The second-order valence-electron chi connectivity index (χ2n) is 7.57. The number of hydrogen-bond acceptors (Lipinski definition) is 2. The van der Waals surface area contributed by atoms with Gasteiger partial charge in [0.1, 0.15) is 0 Å². The maximum absolute atomic E-state index is 4.12. The topological polar surface area (TPSA) is 6.48 Å². The Kier molecular flexibility index (Phi) is 8.64. The zero-order chi connectivity index (χ0) is 17.5. The Balaban J connectivity index is 0.00000243. The zero-order valence-electron chi connectivity index (χ0n) is 16.1. The molecule has 0 N–H and O–H groups in total. The Hall–Kier alpha value is -1.35. The molecule has 1 aromatic carbocycles. The van der Waals surface area contributed by atoms with Crippen LogP contribution in [0.1, 0.15) is 31.7 Å². The van der Waals surface area contributed by atoms with E-state index in [2.05, 4.69) is 71.9 Å². The van der Waals surface area contributed by atoms with Gasteiger partial charge in [-0.25, -0.2) is 0 Å². The van der Waals surface area contributed by atoms with E-state index in [1.165, 1.54) is 63.1 Å². The second-order valence-corrected chi connectivity index (χ2v) is 7.57. The standard InChI is InChI=1S/C23H32N2.ClH/c1-20(2)23-12-10-22(11-13-23)19-25-17-15-24(16-18-25)14-6-9-21-7-4-3-5-8-21;/h3-10,23H,1,11-19H2,2H3;1H/t23-;/m1./s1. The van der Waals surface area contributed by atoms with E-state index in [1.54, 1.807) is 5.57 Å². The first-order chi connectivity index (χ1) is 12.2. The van der Waals surface area contributed by atoms with Crippen molar-refractivity contribution in [3.8, 4) is 0 Å². The predicted molar refractivity (Wildman–Crippen MR) is 116 cm³/mol. The summed E-state index contributed by atoms with van der Waals surface area (Å²) in [4.78, 5) is 5.19. The fourth-order valence-corrected chi connectivity index (χ4v) is 3.80. The number of rotatable bonds is 6. The van der Waals surface area contributed by atoms with Gasteiger partial charge in [0.25, 0.3) is 0 Å². The van der Waals surface area contributed by atoms with Gasteiger partial charge in [-0.2, -0.15) is 0 Å². The molecule has 0 unspecified atom stereocenters. The summed E-state index contributed by atoms with van der Waals surface area (Å²) in [5, 5.41) is 0. The van der Waals surface area contributed by atoms with E-state index in [4.69, 9.17) is 0 Å². The predicted octanol–water partition coefficient (Wildman–Crippen LogP) is 5.04. The minimum Gasteiger partial charge on any atom is -0.297 e. The Morgan fingerprint density at radius 1 is 1.12 bits per heavy atom. The minimum absolute atomic E-state index is 0. The van der Waals surface area contributed by atoms with Gasteiger partial charge in [-0.05, 0) is 37.7 Å². The smallest absolute Gasteiger partial charge is 0.0193 e. The van der Waals surface area contributed by atoms with Crippen LogP contribution in [0.4, 0.5) is 0 Å². The number of benzene rings is 1. The molecule has 0 radical (unpaired) electrons. The van der Waals surface area contributed by atoms with Crippen LogP contribution in [-0.4, -0.2) is 49.1 Å². The van der Waals surface area contributed by atoms with E-state index in [-0.39, 0.29) is 12.4 Å². The number of piperazine rings is 1. The number of nitrogens with zero attached hydrogens (tertiary/aromatic N) is 2. The summed E-state index contributed by atoms with van der Waals surface area (Å²) in [7, 11) is 0. The lowest BCUT2D eigenvalue weighted by molar-refractivity contribution is 0.150. The summed E-state index contributed by atoms with van der Waals surface area (Å²) in [5.41, 5.74) is 4.29. The van der Waals surface area contributed by atoms with E-state index < -0.39 is 0 Å². The van der Waals surface area contributed by atoms with E-state index in [1.807, 2.05) is 0 Å². The fraction of sp³-hybridized carbons (Fsp3) is 0.478. The summed E-state index contributed by atoms with van der Waals surface area (Å²) in [6.45, 7) is 13.3. The Bertz CT molecular complexity index is 612. The highest BCUT2D eigenvalue weighted by Crippen LogP contribution is 2.28. The molecule has 26 heavy (non-hydrogen) atoms. The highest BCUT2D eigenvalue weighted by Gasteiger charge is 2.19. The van der Waals surface area contributed by atoms with Crippen LogP contribution in [0.15, 0.2) is 60.2 Å². The van der Waals surface area contributed by atoms with Crippen LogP contribution in [0, 0.1) is 5.92 Å². The molecule has 0 aromatic heterocycles.